The second kappa shape index (κ2) is 8.15. The average Bonchev–Trinajstić information content (AvgIpc) is 3.14. The third-order valence-electron chi connectivity index (χ3n) is 4.28. The van der Waals surface area contributed by atoms with Gasteiger partial charge in [-0.05, 0) is 45.0 Å². The van der Waals surface area contributed by atoms with Crippen LogP contribution >= 0.6 is 11.3 Å². The molecule has 0 unspecified atom stereocenters. The van der Waals surface area contributed by atoms with Crippen LogP contribution in [0.5, 0.6) is 0 Å². The summed E-state index contributed by atoms with van der Waals surface area (Å²) in [6.45, 7) is 8.18. The first-order valence-electron chi connectivity index (χ1n) is 8.79. The highest BCUT2D eigenvalue weighted by Gasteiger charge is 2.10. The number of nitrogens with zero attached hydrogens (tertiary/aromatic N) is 2. The third kappa shape index (κ3) is 4.11. The number of nitrogens with one attached hydrogen (secondary N) is 1. The highest BCUT2D eigenvalue weighted by atomic mass is 32.1. The zero-order valence-corrected chi connectivity index (χ0v) is 16.1. The molecule has 4 nitrogen and oxygen atoms in total. The van der Waals surface area contributed by atoms with Crippen molar-refractivity contribution >= 4 is 28.1 Å². The molecule has 0 aliphatic rings. The molecule has 5 heteroatoms. The Morgan fingerprint density at radius 1 is 1.04 bits per heavy atom. The minimum atomic E-state index is -0.102. The van der Waals surface area contributed by atoms with Crippen LogP contribution in [0.15, 0.2) is 53.9 Å². The lowest BCUT2D eigenvalue weighted by Gasteiger charge is -2.16. The molecular formula is C21H23N3OS. The molecule has 0 radical (unpaired) electrons. The number of hydrogen-bond acceptors (Lipinski definition) is 4. The van der Waals surface area contributed by atoms with Gasteiger partial charge in [0.2, 0.25) is 0 Å². The molecule has 0 saturated heterocycles. The highest BCUT2D eigenvalue weighted by molar-refractivity contribution is 7.14. The number of hydrogen-bond donors (Lipinski definition) is 1. The first-order chi connectivity index (χ1) is 12.6. The van der Waals surface area contributed by atoms with Gasteiger partial charge >= 0.3 is 0 Å². The van der Waals surface area contributed by atoms with E-state index >= 15 is 0 Å². The summed E-state index contributed by atoms with van der Waals surface area (Å²) >= 11 is 1.66. The summed E-state index contributed by atoms with van der Waals surface area (Å²) in [7, 11) is 0. The van der Waals surface area contributed by atoms with Gasteiger partial charge in [-0.25, -0.2) is 4.98 Å². The second-order valence-electron chi connectivity index (χ2n) is 6.09. The Morgan fingerprint density at radius 3 is 2.31 bits per heavy atom. The van der Waals surface area contributed by atoms with Gasteiger partial charge in [-0.15, -0.1) is 11.3 Å². The number of benzene rings is 2. The second-order valence-corrected chi connectivity index (χ2v) is 6.92. The van der Waals surface area contributed by atoms with E-state index in [0.29, 0.717) is 5.56 Å². The van der Waals surface area contributed by atoms with Gasteiger partial charge in [0.25, 0.3) is 5.91 Å². The minimum Gasteiger partial charge on any atom is -0.349 e. The molecule has 1 amide bonds. The lowest BCUT2D eigenvalue weighted by molar-refractivity contribution is 0.102. The molecular weight excluding hydrogens is 342 g/mol. The van der Waals surface area contributed by atoms with Gasteiger partial charge in [0, 0.05) is 35.3 Å². The van der Waals surface area contributed by atoms with Gasteiger partial charge in [0.15, 0.2) is 5.13 Å². The third-order valence-corrected chi connectivity index (χ3v) is 5.18. The van der Waals surface area contributed by atoms with E-state index in [-0.39, 0.29) is 5.91 Å². The van der Waals surface area contributed by atoms with E-state index in [4.69, 9.17) is 4.98 Å². The Bertz CT molecular complexity index is 865. The molecule has 0 aliphatic carbocycles. The van der Waals surface area contributed by atoms with Gasteiger partial charge < -0.3 is 10.2 Å². The normalized spacial score (nSPS) is 10.6. The first-order valence-corrected chi connectivity index (χ1v) is 9.67. The maximum absolute atomic E-state index is 12.3. The van der Waals surface area contributed by atoms with Crippen molar-refractivity contribution in [2.75, 3.05) is 23.3 Å². The number of rotatable bonds is 6. The molecule has 3 aromatic rings. The predicted molar refractivity (Wildman–Crippen MR) is 110 cm³/mol. The van der Waals surface area contributed by atoms with Crippen LogP contribution in [0, 0.1) is 6.92 Å². The van der Waals surface area contributed by atoms with E-state index in [2.05, 4.69) is 29.4 Å². The van der Waals surface area contributed by atoms with Gasteiger partial charge in [-0.1, -0.05) is 29.8 Å². The summed E-state index contributed by atoms with van der Waals surface area (Å²) in [5.41, 5.74) is 4.58. The summed E-state index contributed by atoms with van der Waals surface area (Å²) in [4.78, 5) is 19.3. The molecule has 2 aromatic carbocycles. The van der Waals surface area contributed by atoms with E-state index in [9.17, 15) is 4.79 Å². The fourth-order valence-corrected chi connectivity index (χ4v) is 3.63. The van der Waals surface area contributed by atoms with Gasteiger partial charge in [0.05, 0.1) is 5.69 Å². The molecule has 134 valence electrons. The van der Waals surface area contributed by atoms with Gasteiger partial charge in [-0.3, -0.25) is 4.79 Å². The fraction of sp³-hybridized carbons (Fsp3) is 0.238. The average molecular weight is 366 g/mol. The summed E-state index contributed by atoms with van der Waals surface area (Å²) in [6, 6.07) is 15.4. The Hall–Kier alpha value is -2.66. The molecule has 1 N–H and O–H groups in total. The standard InChI is InChI=1S/C21H23N3OS/c1-4-24(5-2)21-23-19(14-26-21)16-10-12-18(13-11-16)22-20(25)17-8-6-15(3)7-9-17/h6-14H,4-5H2,1-3H3,(H,22,25). The minimum absolute atomic E-state index is 0.102. The summed E-state index contributed by atoms with van der Waals surface area (Å²) in [6.07, 6.45) is 0. The van der Waals surface area contributed by atoms with Crippen LogP contribution in [-0.2, 0) is 0 Å². The van der Waals surface area contributed by atoms with Crippen molar-refractivity contribution in [1.29, 1.82) is 0 Å². The topological polar surface area (TPSA) is 45.2 Å². The van der Waals surface area contributed by atoms with Crippen molar-refractivity contribution in [3.05, 3.63) is 65.0 Å². The molecule has 1 heterocycles. The van der Waals surface area contributed by atoms with E-state index in [1.807, 2.05) is 55.5 Å². The van der Waals surface area contributed by atoms with Crippen LogP contribution in [0.2, 0.25) is 0 Å². The van der Waals surface area contributed by atoms with E-state index in [1.165, 1.54) is 0 Å². The monoisotopic (exact) mass is 365 g/mol. The number of aryl methyl sites for hydroxylation is 1. The van der Waals surface area contributed by atoms with Crippen LogP contribution in [-0.4, -0.2) is 24.0 Å². The van der Waals surface area contributed by atoms with Crippen molar-refractivity contribution in [2.24, 2.45) is 0 Å². The Labute approximate surface area is 158 Å². The number of carbonyl (C=O) groups excluding carboxylic acids is 1. The van der Waals surface area contributed by atoms with E-state index in [0.717, 1.165) is 40.7 Å². The van der Waals surface area contributed by atoms with Crippen LogP contribution in [0.3, 0.4) is 0 Å². The zero-order chi connectivity index (χ0) is 18.5. The molecule has 3 rings (SSSR count). The molecule has 0 spiro atoms. The molecule has 0 saturated carbocycles. The zero-order valence-electron chi connectivity index (χ0n) is 15.3. The lowest BCUT2D eigenvalue weighted by atomic mass is 10.1. The largest absolute Gasteiger partial charge is 0.349 e. The molecule has 26 heavy (non-hydrogen) atoms. The highest BCUT2D eigenvalue weighted by Crippen LogP contribution is 2.28. The van der Waals surface area contributed by atoms with Gasteiger partial charge in [-0.2, -0.15) is 0 Å². The molecule has 0 fully saturated rings. The van der Waals surface area contributed by atoms with Crippen LogP contribution in [0.25, 0.3) is 11.3 Å². The number of carbonyl (C=O) groups is 1. The van der Waals surface area contributed by atoms with Crippen molar-refractivity contribution in [2.45, 2.75) is 20.8 Å². The van der Waals surface area contributed by atoms with Crippen LogP contribution in [0.4, 0.5) is 10.8 Å². The van der Waals surface area contributed by atoms with Crippen molar-refractivity contribution in [3.8, 4) is 11.3 Å². The summed E-state index contributed by atoms with van der Waals surface area (Å²) < 4.78 is 0. The van der Waals surface area contributed by atoms with Crippen molar-refractivity contribution in [1.82, 2.24) is 4.98 Å². The van der Waals surface area contributed by atoms with Gasteiger partial charge in [0.1, 0.15) is 0 Å². The maximum Gasteiger partial charge on any atom is 0.255 e. The van der Waals surface area contributed by atoms with Crippen LogP contribution < -0.4 is 10.2 Å². The molecule has 0 aliphatic heterocycles. The van der Waals surface area contributed by atoms with E-state index < -0.39 is 0 Å². The van der Waals surface area contributed by atoms with Crippen molar-refractivity contribution in [3.63, 3.8) is 0 Å². The number of thiazole rings is 1. The number of aromatic nitrogens is 1. The Kier molecular flexibility index (Phi) is 5.68. The summed E-state index contributed by atoms with van der Waals surface area (Å²) in [5, 5.41) is 6.05. The lowest BCUT2D eigenvalue weighted by Crippen LogP contribution is -2.21. The Morgan fingerprint density at radius 2 is 1.69 bits per heavy atom. The number of amides is 1. The number of anilines is 2. The van der Waals surface area contributed by atoms with E-state index in [1.54, 1.807) is 11.3 Å². The van der Waals surface area contributed by atoms with Crippen molar-refractivity contribution < 1.29 is 4.79 Å². The smallest absolute Gasteiger partial charge is 0.255 e. The molecule has 0 bridgehead atoms. The predicted octanol–water partition coefficient (Wildman–Crippen LogP) is 5.22. The first kappa shape index (κ1) is 18.1. The maximum atomic E-state index is 12.3. The SMILES string of the molecule is CCN(CC)c1nc(-c2ccc(NC(=O)c3ccc(C)cc3)cc2)cs1. The molecule has 1 aromatic heterocycles. The fourth-order valence-electron chi connectivity index (χ4n) is 2.67. The quantitative estimate of drug-likeness (QED) is 0.651. The Balaban J connectivity index is 1.70. The molecule has 0 atom stereocenters. The van der Waals surface area contributed by atoms with Crippen LogP contribution in [0.1, 0.15) is 29.8 Å². The summed E-state index contributed by atoms with van der Waals surface area (Å²) in [5.74, 6) is -0.102.